The molecule has 0 spiro atoms. The summed E-state index contributed by atoms with van der Waals surface area (Å²) in [7, 11) is 0. The number of alkyl halides is 3. The molecule has 0 radical (unpaired) electrons. The molecule has 1 aromatic carbocycles. The molecule has 2 rings (SSSR count). The van der Waals surface area contributed by atoms with Gasteiger partial charge in [0.15, 0.2) is 0 Å². The second-order valence-corrected chi connectivity index (χ2v) is 4.80. The topological polar surface area (TPSA) is 38.3 Å². The van der Waals surface area contributed by atoms with Crippen LogP contribution < -0.4 is 10.1 Å². The number of carbonyl (C=O) groups is 1. The third-order valence-electron chi connectivity index (χ3n) is 2.33. The maximum Gasteiger partial charge on any atom is 0.573 e. The van der Waals surface area contributed by atoms with Crippen LogP contribution in [0.2, 0.25) is 0 Å². The van der Waals surface area contributed by atoms with Crippen molar-refractivity contribution in [3.63, 3.8) is 0 Å². The van der Waals surface area contributed by atoms with Crippen LogP contribution in [0.3, 0.4) is 0 Å². The Hall–Kier alpha value is -1.24. The highest BCUT2D eigenvalue weighted by Crippen LogP contribution is 2.31. The van der Waals surface area contributed by atoms with Crippen molar-refractivity contribution in [1.29, 1.82) is 0 Å². The minimum Gasteiger partial charge on any atom is -0.405 e. The van der Waals surface area contributed by atoms with Crippen molar-refractivity contribution in [3.8, 4) is 5.75 Å². The molecule has 1 amide bonds. The summed E-state index contributed by atoms with van der Waals surface area (Å²) in [6, 6.07) is 4.00. The van der Waals surface area contributed by atoms with Crippen molar-refractivity contribution < 1.29 is 22.7 Å². The maximum atomic E-state index is 12.1. The molecule has 1 fully saturated rings. The molecule has 0 aliphatic heterocycles. The van der Waals surface area contributed by atoms with Gasteiger partial charge in [0.1, 0.15) is 5.75 Å². The van der Waals surface area contributed by atoms with E-state index in [2.05, 4.69) is 26.0 Å². The number of amides is 1. The van der Waals surface area contributed by atoms with E-state index in [-0.39, 0.29) is 16.1 Å². The van der Waals surface area contributed by atoms with E-state index in [0.717, 1.165) is 18.9 Å². The van der Waals surface area contributed by atoms with Crippen LogP contribution >= 0.6 is 15.9 Å². The normalized spacial score (nSPS) is 15.3. The molecule has 0 atom stereocenters. The second-order valence-electron chi connectivity index (χ2n) is 3.94. The number of benzene rings is 1. The van der Waals surface area contributed by atoms with Gasteiger partial charge in [0.2, 0.25) is 0 Å². The van der Waals surface area contributed by atoms with Crippen molar-refractivity contribution >= 4 is 21.8 Å². The SMILES string of the molecule is O=C(NC1CC1)c1ccc(Br)c(OC(F)(F)F)c1. The third-order valence-corrected chi connectivity index (χ3v) is 2.99. The summed E-state index contributed by atoms with van der Waals surface area (Å²) in [5.74, 6) is -0.817. The standard InChI is InChI=1S/C11H9BrF3NO2/c12-8-4-1-6(10(17)16-7-2-3-7)5-9(8)18-11(13,14)15/h1,4-5,7H,2-3H2,(H,16,17). The fourth-order valence-corrected chi connectivity index (χ4v) is 1.67. The molecule has 1 N–H and O–H groups in total. The van der Waals surface area contributed by atoms with Crippen LogP contribution in [0.1, 0.15) is 23.2 Å². The summed E-state index contributed by atoms with van der Waals surface area (Å²) in [6.07, 6.45) is -2.96. The lowest BCUT2D eigenvalue weighted by molar-refractivity contribution is -0.274. The Morgan fingerprint density at radius 1 is 1.39 bits per heavy atom. The number of rotatable bonds is 3. The van der Waals surface area contributed by atoms with Gasteiger partial charge in [0, 0.05) is 11.6 Å². The van der Waals surface area contributed by atoms with E-state index >= 15 is 0 Å². The Morgan fingerprint density at radius 2 is 2.06 bits per heavy atom. The molecule has 98 valence electrons. The van der Waals surface area contributed by atoms with Gasteiger partial charge in [0.25, 0.3) is 5.91 Å². The minimum atomic E-state index is -4.78. The van der Waals surface area contributed by atoms with Gasteiger partial charge in [-0.2, -0.15) is 0 Å². The molecule has 3 nitrogen and oxygen atoms in total. The van der Waals surface area contributed by atoms with Crippen LogP contribution in [0.15, 0.2) is 22.7 Å². The molecule has 0 heterocycles. The predicted molar refractivity (Wildman–Crippen MR) is 61.3 cm³/mol. The minimum absolute atomic E-state index is 0.141. The van der Waals surface area contributed by atoms with Gasteiger partial charge in [-0.1, -0.05) is 0 Å². The molecular weight excluding hydrogens is 315 g/mol. The van der Waals surface area contributed by atoms with E-state index in [4.69, 9.17) is 0 Å². The van der Waals surface area contributed by atoms with Gasteiger partial charge in [-0.3, -0.25) is 4.79 Å². The largest absolute Gasteiger partial charge is 0.573 e. The Bertz CT molecular complexity index is 472. The van der Waals surface area contributed by atoms with Crippen LogP contribution in [0, 0.1) is 0 Å². The van der Waals surface area contributed by atoms with Gasteiger partial charge in [-0.05, 0) is 47.0 Å². The number of hydrogen-bond donors (Lipinski definition) is 1. The van der Waals surface area contributed by atoms with Gasteiger partial charge in [0.05, 0.1) is 4.47 Å². The number of hydrogen-bond acceptors (Lipinski definition) is 2. The lowest BCUT2D eigenvalue weighted by atomic mass is 10.2. The highest BCUT2D eigenvalue weighted by atomic mass is 79.9. The first-order valence-electron chi connectivity index (χ1n) is 5.21. The highest BCUT2D eigenvalue weighted by Gasteiger charge is 2.32. The Morgan fingerprint density at radius 3 is 2.61 bits per heavy atom. The zero-order valence-corrected chi connectivity index (χ0v) is 10.6. The average molecular weight is 324 g/mol. The first-order valence-corrected chi connectivity index (χ1v) is 6.00. The molecule has 1 saturated carbocycles. The maximum absolute atomic E-state index is 12.1. The molecule has 1 aromatic rings. The number of halogens is 4. The summed E-state index contributed by atoms with van der Waals surface area (Å²) >= 11 is 2.94. The van der Waals surface area contributed by atoms with Gasteiger partial charge in [-0.15, -0.1) is 13.2 Å². The molecule has 7 heteroatoms. The molecule has 0 saturated heterocycles. The summed E-state index contributed by atoms with van der Waals surface area (Å²) in [5, 5.41) is 2.69. The van der Waals surface area contributed by atoms with Gasteiger partial charge < -0.3 is 10.1 Å². The zero-order chi connectivity index (χ0) is 13.3. The molecular formula is C11H9BrF3NO2. The molecule has 0 aromatic heterocycles. The first kappa shape index (κ1) is 13.2. The summed E-state index contributed by atoms with van der Waals surface area (Å²) in [6.45, 7) is 0. The third kappa shape index (κ3) is 3.63. The van der Waals surface area contributed by atoms with E-state index in [1.54, 1.807) is 0 Å². The molecule has 1 aliphatic rings. The summed E-state index contributed by atoms with van der Waals surface area (Å²) < 4.78 is 40.4. The van der Waals surface area contributed by atoms with Crippen LogP contribution in [-0.4, -0.2) is 18.3 Å². The predicted octanol–water partition coefficient (Wildman–Crippen LogP) is 3.24. The second kappa shape index (κ2) is 4.79. The smallest absolute Gasteiger partial charge is 0.405 e. The number of nitrogens with one attached hydrogen (secondary N) is 1. The van der Waals surface area contributed by atoms with Crippen LogP contribution in [0.25, 0.3) is 0 Å². The lowest BCUT2D eigenvalue weighted by Crippen LogP contribution is -2.25. The Labute approximate surface area is 109 Å². The Kier molecular flexibility index (Phi) is 3.52. The molecule has 18 heavy (non-hydrogen) atoms. The fourth-order valence-electron chi connectivity index (χ4n) is 1.34. The monoisotopic (exact) mass is 323 g/mol. The van der Waals surface area contributed by atoms with E-state index in [1.165, 1.54) is 12.1 Å². The van der Waals surface area contributed by atoms with E-state index in [0.29, 0.717) is 0 Å². The van der Waals surface area contributed by atoms with Crippen LogP contribution in [-0.2, 0) is 0 Å². The number of carbonyl (C=O) groups excluding carboxylic acids is 1. The van der Waals surface area contributed by atoms with E-state index < -0.39 is 18.0 Å². The van der Waals surface area contributed by atoms with Crippen LogP contribution in [0.5, 0.6) is 5.75 Å². The zero-order valence-electron chi connectivity index (χ0n) is 9.05. The van der Waals surface area contributed by atoms with E-state index in [9.17, 15) is 18.0 Å². The summed E-state index contributed by atoms with van der Waals surface area (Å²) in [5.41, 5.74) is 0.143. The molecule has 1 aliphatic carbocycles. The first-order chi connectivity index (χ1) is 8.35. The van der Waals surface area contributed by atoms with Gasteiger partial charge >= 0.3 is 6.36 Å². The van der Waals surface area contributed by atoms with Gasteiger partial charge in [-0.25, -0.2) is 0 Å². The van der Waals surface area contributed by atoms with Crippen molar-refractivity contribution in [2.24, 2.45) is 0 Å². The Balaban J connectivity index is 2.16. The molecule has 0 bridgehead atoms. The number of ether oxygens (including phenoxy) is 1. The highest BCUT2D eigenvalue weighted by molar-refractivity contribution is 9.10. The fraction of sp³-hybridized carbons (Fsp3) is 0.364. The van der Waals surface area contributed by atoms with Crippen molar-refractivity contribution in [1.82, 2.24) is 5.32 Å². The molecule has 0 unspecified atom stereocenters. The summed E-state index contributed by atoms with van der Waals surface area (Å²) in [4.78, 5) is 11.7. The quantitative estimate of drug-likeness (QED) is 0.927. The van der Waals surface area contributed by atoms with Crippen molar-refractivity contribution in [2.75, 3.05) is 0 Å². The van der Waals surface area contributed by atoms with Crippen molar-refractivity contribution in [2.45, 2.75) is 25.2 Å². The average Bonchev–Trinajstić information content (AvgIpc) is 3.03. The van der Waals surface area contributed by atoms with Crippen LogP contribution in [0.4, 0.5) is 13.2 Å². The van der Waals surface area contributed by atoms with E-state index in [1.807, 2.05) is 0 Å². The lowest BCUT2D eigenvalue weighted by Gasteiger charge is -2.12. The van der Waals surface area contributed by atoms with Crippen molar-refractivity contribution in [3.05, 3.63) is 28.2 Å².